The number of hydrogen-bond donors (Lipinski definition) is 1. The van der Waals surface area contributed by atoms with Gasteiger partial charge in [-0.2, -0.15) is 0 Å². The largest absolute Gasteiger partial charge is 0.481 e. The van der Waals surface area contributed by atoms with Crippen molar-refractivity contribution in [3.05, 3.63) is 55.1 Å². The molecule has 2 fully saturated rings. The Morgan fingerprint density at radius 2 is 1.76 bits per heavy atom. The number of nitrogens with zero attached hydrogens (tertiary/aromatic N) is 1. The number of rotatable bonds is 10. The summed E-state index contributed by atoms with van der Waals surface area (Å²) in [6, 6.07) is 13.4. The number of carbonyl (C=O) groups excluding carboxylic acids is 3. The molecule has 1 aliphatic heterocycles. The number of hydrogen-bond acceptors (Lipinski definition) is 6. The maximum absolute atomic E-state index is 14.3. The number of ether oxygens (including phenoxy) is 1. The predicted octanol–water partition coefficient (Wildman–Crippen LogP) is 6.53. The SMILES string of the molecule is C=CC1CC1(CC(=O)[C@@H]1C[C@@H](Sc2cccc3ccccc23)CN1C(=O)[C@@H](CC(=O)OC(C)(C)C)C(C)(C)C)C(=O)O. The molecule has 7 nitrogen and oxygen atoms in total. The number of allylic oxidation sites excluding steroid dienone is 1. The van der Waals surface area contributed by atoms with Gasteiger partial charge in [-0.1, -0.05) is 63.2 Å². The minimum Gasteiger partial charge on any atom is -0.481 e. The number of likely N-dealkylation sites (tertiary alicyclic amines) is 1. The number of esters is 1. The Bertz CT molecular complexity index is 1380. The number of carboxylic acid groups (broad SMARTS) is 1. The highest BCUT2D eigenvalue weighted by Crippen LogP contribution is 2.57. The van der Waals surface area contributed by atoms with Gasteiger partial charge in [-0.25, -0.2) is 0 Å². The fraction of sp³-hybridized carbons (Fsp3) is 0.529. The number of carbonyl (C=O) groups is 4. The summed E-state index contributed by atoms with van der Waals surface area (Å²) in [7, 11) is 0. The number of carboxylic acids is 1. The van der Waals surface area contributed by atoms with Gasteiger partial charge in [0.25, 0.3) is 0 Å². The Balaban J connectivity index is 1.64. The van der Waals surface area contributed by atoms with Crippen LogP contribution in [0.4, 0.5) is 0 Å². The van der Waals surface area contributed by atoms with E-state index in [1.165, 1.54) is 0 Å². The average molecular weight is 594 g/mol. The second-order valence-electron chi connectivity index (χ2n) is 13.8. The lowest BCUT2D eigenvalue weighted by molar-refractivity contribution is -0.161. The number of benzene rings is 2. The summed E-state index contributed by atoms with van der Waals surface area (Å²) < 4.78 is 5.56. The van der Waals surface area contributed by atoms with Gasteiger partial charge in [0.15, 0.2) is 5.78 Å². The minimum absolute atomic E-state index is 0.0777. The van der Waals surface area contributed by atoms with Crippen LogP contribution >= 0.6 is 11.8 Å². The highest BCUT2D eigenvalue weighted by molar-refractivity contribution is 8.00. The molecule has 0 radical (unpaired) electrons. The third-order valence-corrected chi connectivity index (χ3v) is 9.71. The molecule has 8 heteroatoms. The van der Waals surface area contributed by atoms with Crippen LogP contribution in [-0.4, -0.2) is 57.1 Å². The molecule has 1 N–H and O–H groups in total. The van der Waals surface area contributed by atoms with Crippen molar-refractivity contribution in [2.75, 3.05) is 6.54 Å². The summed E-state index contributed by atoms with van der Waals surface area (Å²) >= 11 is 1.64. The number of aliphatic carboxylic acids is 1. The lowest BCUT2D eigenvalue weighted by Gasteiger charge is -2.35. The summed E-state index contributed by atoms with van der Waals surface area (Å²) in [6.07, 6.45) is 2.14. The van der Waals surface area contributed by atoms with Crippen LogP contribution in [0, 0.1) is 22.7 Å². The molecule has 1 saturated heterocycles. The fourth-order valence-electron chi connectivity index (χ4n) is 6.02. The van der Waals surface area contributed by atoms with Crippen molar-refractivity contribution in [1.82, 2.24) is 4.90 Å². The van der Waals surface area contributed by atoms with Crippen LogP contribution in [0.3, 0.4) is 0 Å². The first kappa shape index (κ1) is 31.8. The molecule has 2 unspecified atom stereocenters. The summed E-state index contributed by atoms with van der Waals surface area (Å²) in [5.41, 5.74) is -2.42. The molecule has 226 valence electrons. The van der Waals surface area contributed by atoms with Gasteiger partial charge in [-0.05, 0) is 61.8 Å². The molecule has 1 amide bonds. The van der Waals surface area contributed by atoms with Gasteiger partial charge >= 0.3 is 11.9 Å². The van der Waals surface area contributed by atoms with Crippen molar-refractivity contribution in [3.63, 3.8) is 0 Å². The van der Waals surface area contributed by atoms with E-state index in [1.807, 2.05) is 45.0 Å². The van der Waals surface area contributed by atoms with Crippen LogP contribution in [0.2, 0.25) is 0 Å². The van der Waals surface area contributed by atoms with Gasteiger partial charge in [0.2, 0.25) is 5.91 Å². The molecule has 2 aromatic carbocycles. The number of thioether (sulfide) groups is 1. The lowest BCUT2D eigenvalue weighted by Crippen LogP contribution is -2.48. The van der Waals surface area contributed by atoms with Crippen LogP contribution in [0.15, 0.2) is 60.0 Å². The van der Waals surface area contributed by atoms with E-state index in [1.54, 1.807) is 43.5 Å². The lowest BCUT2D eigenvalue weighted by atomic mass is 9.77. The van der Waals surface area contributed by atoms with Gasteiger partial charge < -0.3 is 14.7 Å². The molecular weight excluding hydrogens is 550 g/mol. The van der Waals surface area contributed by atoms with E-state index < -0.39 is 40.3 Å². The van der Waals surface area contributed by atoms with Crippen LogP contribution in [-0.2, 0) is 23.9 Å². The van der Waals surface area contributed by atoms with E-state index in [-0.39, 0.29) is 35.7 Å². The first-order valence-electron chi connectivity index (χ1n) is 14.6. The fourth-order valence-corrected chi connectivity index (χ4v) is 7.36. The second kappa shape index (κ2) is 11.9. The molecule has 5 atom stereocenters. The number of fused-ring (bicyclic) bond motifs is 1. The smallest absolute Gasteiger partial charge is 0.310 e. The zero-order valence-electron chi connectivity index (χ0n) is 25.5. The molecule has 0 spiro atoms. The van der Waals surface area contributed by atoms with Crippen molar-refractivity contribution in [1.29, 1.82) is 0 Å². The van der Waals surface area contributed by atoms with Crippen LogP contribution < -0.4 is 0 Å². The monoisotopic (exact) mass is 593 g/mol. The molecule has 0 aromatic heterocycles. The van der Waals surface area contributed by atoms with Crippen LogP contribution in [0.5, 0.6) is 0 Å². The molecule has 4 rings (SSSR count). The summed E-state index contributed by atoms with van der Waals surface area (Å²) in [5.74, 6) is -2.96. The number of Topliss-reactive ketones (excluding diaryl/α,β-unsaturated/α-hetero) is 1. The van der Waals surface area contributed by atoms with Crippen molar-refractivity contribution in [2.24, 2.45) is 22.7 Å². The molecule has 42 heavy (non-hydrogen) atoms. The van der Waals surface area contributed by atoms with E-state index in [2.05, 4.69) is 24.8 Å². The first-order valence-corrected chi connectivity index (χ1v) is 15.5. The zero-order chi connectivity index (χ0) is 31.0. The zero-order valence-corrected chi connectivity index (χ0v) is 26.3. The maximum atomic E-state index is 14.3. The van der Waals surface area contributed by atoms with Gasteiger partial charge in [-0.15, -0.1) is 18.3 Å². The molecule has 0 bridgehead atoms. The van der Waals surface area contributed by atoms with E-state index in [9.17, 15) is 24.3 Å². The Hall–Kier alpha value is -3.13. The first-order chi connectivity index (χ1) is 19.6. The average Bonchev–Trinajstić information content (AvgIpc) is 3.45. The summed E-state index contributed by atoms with van der Waals surface area (Å²) in [6.45, 7) is 15.2. The second-order valence-corrected chi connectivity index (χ2v) is 15.2. The molecule has 1 heterocycles. The van der Waals surface area contributed by atoms with Crippen LogP contribution in [0.1, 0.15) is 67.2 Å². The topological polar surface area (TPSA) is 101 Å². The Morgan fingerprint density at radius 1 is 1.10 bits per heavy atom. The molecule has 1 saturated carbocycles. The standard InChI is InChI=1S/C34H43NO6S/c1-8-22-18-34(22,31(39)40)19-27(36)26-16-23(42-28-15-11-13-21-12-9-10-14-24(21)28)20-35(26)30(38)25(32(2,3)4)17-29(37)41-33(5,6)7/h8-15,22-23,25-26H,1,16-20H2,2-7H3,(H,39,40)/t22?,23-,25-,26+,34?/m1/s1. The van der Waals surface area contributed by atoms with Crippen molar-refractivity contribution in [3.8, 4) is 0 Å². The van der Waals surface area contributed by atoms with Gasteiger partial charge in [0.05, 0.1) is 23.8 Å². The van der Waals surface area contributed by atoms with Gasteiger partial charge in [-0.3, -0.25) is 19.2 Å². The van der Waals surface area contributed by atoms with Gasteiger partial charge in [0, 0.05) is 23.1 Å². The molecule has 1 aliphatic carbocycles. The van der Waals surface area contributed by atoms with E-state index in [0.29, 0.717) is 19.4 Å². The van der Waals surface area contributed by atoms with E-state index in [0.717, 1.165) is 15.7 Å². The van der Waals surface area contributed by atoms with Crippen molar-refractivity contribution >= 4 is 46.2 Å². The van der Waals surface area contributed by atoms with Gasteiger partial charge in [0.1, 0.15) is 5.60 Å². The molecule has 2 aromatic rings. The van der Waals surface area contributed by atoms with E-state index >= 15 is 0 Å². The highest BCUT2D eigenvalue weighted by atomic mass is 32.2. The normalized spacial score (nSPS) is 24.7. The third kappa shape index (κ3) is 6.91. The number of amides is 1. The predicted molar refractivity (Wildman–Crippen MR) is 165 cm³/mol. The minimum atomic E-state index is -1.16. The molecule has 2 aliphatic rings. The third-order valence-electron chi connectivity index (χ3n) is 8.43. The van der Waals surface area contributed by atoms with E-state index in [4.69, 9.17) is 4.74 Å². The Labute approximate surface area is 253 Å². The van der Waals surface area contributed by atoms with Crippen LogP contribution in [0.25, 0.3) is 10.8 Å². The highest BCUT2D eigenvalue weighted by Gasteiger charge is 2.61. The number of ketones is 1. The molecular formula is C34H43NO6S. The Morgan fingerprint density at radius 3 is 2.36 bits per heavy atom. The maximum Gasteiger partial charge on any atom is 0.310 e. The summed E-state index contributed by atoms with van der Waals surface area (Å²) in [4.78, 5) is 55.9. The quantitative estimate of drug-likeness (QED) is 0.247. The Kier molecular flexibility index (Phi) is 8.98. The van der Waals surface area contributed by atoms with Crippen molar-refractivity contribution in [2.45, 2.75) is 89.0 Å². The summed E-state index contributed by atoms with van der Waals surface area (Å²) in [5, 5.41) is 12.1. The van der Waals surface area contributed by atoms with Crippen molar-refractivity contribution < 1.29 is 29.0 Å².